The molecule has 1 unspecified atom stereocenters. The first-order chi connectivity index (χ1) is 6.73. The molecule has 2 rings (SSSR count). The fourth-order valence-corrected chi connectivity index (χ4v) is 2.43. The summed E-state index contributed by atoms with van der Waals surface area (Å²) in [6.45, 7) is 0.624. The van der Waals surface area contributed by atoms with Crippen molar-refractivity contribution in [1.82, 2.24) is 0 Å². The SMILES string of the molecule is O=C(O)C1(CC2CCC2)CCCCO1. The normalized spacial score (nSPS) is 33.7. The summed E-state index contributed by atoms with van der Waals surface area (Å²) < 4.78 is 5.53. The van der Waals surface area contributed by atoms with Gasteiger partial charge in [-0.05, 0) is 31.6 Å². The molecule has 2 aliphatic rings. The third-order valence-corrected chi connectivity index (χ3v) is 3.59. The van der Waals surface area contributed by atoms with E-state index in [9.17, 15) is 9.90 Å². The van der Waals surface area contributed by atoms with Crippen LogP contribution in [0.5, 0.6) is 0 Å². The zero-order chi connectivity index (χ0) is 10.0. The molecule has 3 nitrogen and oxygen atoms in total. The lowest BCUT2D eigenvalue weighted by Crippen LogP contribution is -2.46. The van der Waals surface area contributed by atoms with Crippen LogP contribution in [0.2, 0.25) is 0 Å². The molecule has 1 aliphatic heterocycles. The van der Waals surface area contributed by atoms with Gasteiger partial charge >= 0.3 is 5.97 Å². The molecule has 0 aromatic rings. The van der Waals surface area contributed by atoms with Gasteiger partial charge in [-0.2, -0.15) is 0 Å². The molecular weight excluding hydrogens is 180 g/mol. The molecule has 14 heavy (non-hydrogen) atoms. The zero-order valence-corrected chi connectivity index (χ0v) is 8.50. The second-order valence-electron chi connectivity index (χ2n) is 4.61. The van der Waals surface area contributed by atoms with Gasteiger partial charge < -0.3 is 9.84 Å². The maximum atomic E-state index is 11.2. The number of ether oxygens (including phenoxy) is 1. The van der Waals surface area contributed by atoms with Crippen LogP contribution < -0.4 is 0 Å². The van der Waals surface area contributed by atoms with E-state index in [4.69, 9.17) is 4.74 Å². The van der Waals surface area contributed by atoms with E-state index >= 15 is 0 Å². The van der Waals surface area contributed by atoms with Gasteiger partial charge in [0, 0.05) is 6.61 Å². The van der Waals surface area contributed by atoms with E-state index in [1.165, 1.54) is 19.3 Å². The predicted molar refractivity (Wildman–Crippen MR) is 52.1 cm³/mol. The van der Waals surface area contributed by atoms with Crippen LogP contribution in [-0.4, -0.2) is 23.3 Å². The molecule has 1 N–H and O–H groups in total. The summed E-state index contributed by atoms with van der Waals surface area (Å²) in [5, 5.41) is 9.23. The van der Waals surface area contributed by atoms with Crippen LogP contribution in [0.4, 0.5) is 0 Å². The largest absolute Gasteiger partial charge is 0.479 e. The van der Waals surface area contributed by atoms with Crippen molar-refractivity contribution >= 4 is 5.97 Å². The van der Waals surface area contributed by atoms with E-state index in [0.717, 1.165) is 19.3 Å². The minimum atomic E-state index is -0.830. The molecule has 1 atom stereocenters. The number of carboxylic acid groups (broad SMARTS) is 1. The smallest absolute Gasteiger partial charge is 0.335 e. The summed E-state index contributed by atoms with van der Waals surface area (Å²) in [4.78, 5) is 11.2. The summed E-state index contributed by atoms with van der Waals surface area (Å²) in [6.07, 6.45) is 7.11. The van der Waals surface area contributed by atoms with Crippen molar-refractivity contribution in [2.24, 2.45) is 5.92 Å². The van der Waals surface area contributed by atoms with Gasteiger partial charge in [-0.25, -0.2) is 4.79 Å². The van der Waals surface area contributed by atoms with Gasteiger partial charge in [0.15, 0.2) is 5.60 Å². The van der Waals surface area contributed by atoms with Gasteiger partial charge in [-0.1, -0.05) is 19.3 Å². The molecule has 0 aromatic carbocycles. The highest BCUT2D eigenvalue weighted by molar-refractivity contribution is 5.77. The summed E-state index contributed by atoms with van der Waals surface area (Å²) in [5.74, 6) is -0.145. The highest BCUT2D eigenvalue weighted by Gasteiger charge is 2.43. The van der Waals surface area contributed by atoms with Crippen LogP contribution in [0.3, 0.4) is 0 Å². The Balaban J connectivity index is 2.00. The van der Waals surface area contributed by atoms with E-state index in [0.29, 0.717) is 18.9 Å². The van der Waals surface area contributed by atoms with Crippen molar-refractivity contribution in [3.63, 3.8) is 0 Å². The summed E-state index contributed by atoms with van der Waals surface area (Å²) >= 11 is 0. The lowest BCUT2D eigenvalue weighted by atomic mass is 9.75. The summed E-state index contributed by atoms with van der Waals surface area (Å²) in [6, 6.07) is 0. The van der Waals surface area contributed by atoms with Crippen LogP contribution in [0.15, 0.2) is 0 Å². The molecule has 1 aliphatic carbocycles. The summed E-state index contributed by atoms with van der Waals surface area (Å²) in [5.41, 5.74) is -0.830. The molecule has 3 heteroatoms. The average molecular weight is 198 g/mol. The van der Waals surface area contributed by atoms with E-state index < -0.39 is 11.6 Å². The minimum absolute atomic E-state index is 0.601. The molecule has 2 fully saturated rings. The molecule has 0 bridgehead atoms. The van der Waals surface area contributed by atoms with Gasteiger partial charge in [0.2, 0.25) is 0 Å². The first kappa shape index (κ1) is 9.97. The number of aliphatic carboxylic acids is 1. The van der Waals surface area contributed by atoms with Crippen molar-refractivity contribution in [3.05, 3.63) is 0 Å². The Morgan fingerprint density at radius 1 is 1.36 bits per heavy atom. The van der Waals surface area contributed by atoms with Crippen LogP contribution >= 0.6 is 0 Å². The Morgan fingerprint density at radius 2 is 2.14 bits per heavy atom. The topological polar surface area (TPSA) is 46.5 Å². The molecule has 0 spiro atoms. The Kier molecular flexibility index (Phi) is 2.77. The average Bonchev–Trinajstić information content (AvgIpc) is 2.13. The molecular formula is C11H18O3. The number of hydrogen-bond acceptors (Lipinski definition) is 2. The van der Waals surface area contributed by atoms with Gasteiger partial charge in [0.25, 0.3) is 0 Å². The van der Waals surface area contributed by atoms with Crippen molar-refractivity contribution in [3.8, 4) is 0 Å². The van der Waals surface area contributed by atoms with E-state index in [1.54, 1.807) is 0 Å². The highest BCUT2D eigenvalue weighted by atomic mass is 16.5. The second-order valence-corrected chi connectivity index (χ2v) is 4.61. The van der Waals surface area contributed by atoms with Gasteiger partial charge in [-0.15, -0.1) is 0 Å². The van der Waals surface area contributed by atoms with Crippen LogP contribution in [0.1, 0.15) is 44.9 Å². The van der Waals surface area contributed by atoms with Gasteiger partial charge in [0.05, 0.1) is 0 Å². The first-order valence-electron chi connectivity index (χ1n) is 5.60. The lowest BCUT2D eigenvalue weighted by molar-refractivity contribution is -0.176. The van der Waals surface area contributed by atoms with Crippen molar-refractivity contribution in [2.75, 3.05) is 6.61 Å². The number of carboxylic acids is 1. The van der Waals surface area contributed by atoms with E-state index in [1.807, 2.05) is 0 Å². The maximum Gasteiger partial charge on any atom is 0.335 e. The van der Waals surface area contributed by atoms with Crippen LogP contribution in [-0.2, 0) is 9.53 Å². The van der Waals surface area contributed by atoms with E-state index in [2.05, 4.69) is 0 Å². The Labute approximate surface area is 84.4 Å². The minimum Gasteiger partial charge on any atom is -0.479 e. The van der Waals surface area contributed by atoms with Crippen molar-refractivity contribution in [2.45, 2.75) is 50.5 Å². The molecule has 1 saturated carbocycles. The van der Waals surface area contributed by atoms with Crippen LogP contribution in [0.25, 0.3) is 0 Å². The van der Waals surface area contributed by atoms with E-state index in [-0.39, 0.29) is 0 Å². The van der Waals surface area contributed by atoms with Gasteiger partial charge in [-0.3, -0.25) is 0 Å². The number of carbonyl (C=O) groups is 1. The van der Waals surface area contributed by atoms with Crippen LogP contribution in [0, 0.1) is 5.92 Å². The molecule has 1 heterocycles. The Bertz CT molecular complexity index is 215. The first-order valence-corrected chi connectivity index (χ1v) is 5.60. The highest BCUT2D eigenvalue weighted by Crippen LogP contribution is 2.39. The number of rotatable bonds is 3. The molecule has 0 radical (unpaired) electrons. The Morgan fingerprint density at radius 3 is 2.57 bits per heavy atom. The Hall–Kier alpha value is -0.570. The molecule has 0 aromatic heterocycles. The predicted octanol–water partition coefficient (Wildman–Crippen LogP) is 2.20. The van der Waals surface area contributed by atoms with Gasteiger partial charge in [0.1, 0.15) is 0 Å². The lowest BCUT2D eigenvalue weighted by Gasteiger charge is -2.38. The third kappa shape index (κ3) is 1.78. The third-order valence-electron chi connectivity index (χ3n) is 3.59. The maximum absolute atomic E-state index is 11.2. The summed E-state index contributed by atoms with van der Waals surface area (Å²) in [7, 11) is 0. The molecule has 1 saturated heterocycles. The van der Waals surface area contributed by atoms with Crippen molar-refractivity contribution < 1.29 is 14.6 Å². The second kappa shape index (κ2) is 3.89. The molecule has 80 valence electrons. The zero-order valence-electron chi connectivity index (χ0n) is 8.50. The molecule has 0 amide bonds. The fourth-order valence-electron chi connectivity index (χ4n) is 2.43. The van der Waals surface area contributed by atoms with Crippen molar-refractivity contribution in [1.29, 1.82) is 0 Å². The standard InChI is InChI=1S/C11H18O3/c12-10(13)11(6-1-2-7-14-11)8-9-4-3-5-9/h9H,1-8H2,(H,12,13). The monoisotopic (exact) mass is 198 g/mol. The quantitative estimate of drug-likeness (QED) is 0.756. The fraction of sp³-hybridized carbons (Fsp3) is 0.909. The number of hydrogen-bond donors (Lipinski definition) is 1.